The quantitative estimate of drug-likeness (QED) is 0.696. The van der Waals surface area contributed by atoms with E-state index in [1.54, 1.807) is 0 Å². The van der Waals surface area contributed by atoms with Crippen molar-refractivity contribution in [3.8, 4) is 0 Å². The monoisotopic (exact) mass is 414 g/mol. The largest absolute Gasteiger partial charge is 0.338 e. The van der Waals surface area contributed by atoms with Crippen LogP contribution in [0, 0.1) is 13.8 Å². The first-order valence-corrected chi connectivity index (χ1v) is 11.3. The minimum Gasteiger partial charge on any atom is -0.338 e. The van der Waals surface area contributed by atoms with Crippen molar-refractivity contribution in [2.75, 3.05) is 19.6 Å². The van der Waals surface area contributed by atoms with E-state index in [0.717, 1.165) is 51.1 Å². The summed E-state index contributed by atoms with van der Waals surface area (Å²) in [6, 6.07) is 16.7. The van der Waals surface area contributed by atoms with Crippen molar-refractivity contribution in [2.45, 2.75) is 45.7 Å². The lowest BCUT2D eigenvalue weighted by Crippen LogP contribution is -2.31. The maximum atomic E-state index is 13.1. The lowest BCUT2D eigenvalue weighted by Gasteiger charge is -2.27. The van der Waals surface area contributed by atoms with Gasteiger partial charge in [0.1, 0.15) is 0 Å². The normalized spacial score (nSPS) is 18.9. The zero-order chi connectivity index (χ0) is 21.4. The fourth-order valence-electron chi connectivity index (χ4n) is 4.91. The standard InChI is InChI=1S/C26H30N4O/c1-18-8-9-21(14-19(18)2)26(31)30-13-10-22(16-30)25-23-17-29(12-11-24(23)27-28-25)15-20-6-4-3-5-7-20/h3-9,14,22H,10-13,15-17H2,1-2H3,(H,27,28). The van der Waals surface area contributed by atoms with Gasteiger partial charge < -0.3 is 4.90 Å². The summed E-state index contributed by atoms with van der Waals surface area (Å²) in [5, 5.41) is 8.02. The van der Waals surface area contributed by atoms with Crippen molar-refractivity contribution in [3.63, 3.8) is 0 Å². The second kappa shape index (κ2) is 8.31. The number of likely N-dealkylation sites (tertiary alicyclic amines) is 1. The third-order valence-corrected chi connectivity index (χ3v) is 6.91. The van der Waals surface area contributed by atoms with E-state index in [2.05, 4.69) is 54.2 Å². The Labute approximate surface area is 184 Å². The van der Waals surface area contributed by atoms with Crippen molar-refractivity contribution < 1.29 is 4.79 Å². The van der Waals surface area contributed by atoms with Gasteiger partial charge in [-0.2, -0.15) is 5.10 Å². The Morgan fingerprint density at radius 2 is 1.94 bits per heavy atom. The maximum absolute atomic E-state index is 13.1. The SMILES string of the molecule is Cc1ccc(C(=O)N2CCC(c3n[nH]c4c3CN(Cc3ccccc3)CC4)C2)cc1C. The molecule has 5 rings (SSSR count). The van der Waals surface area contributed by atoms with E-state index in [1.807, 2.05) is 23.1 Å². The van der Waals surface area contributed by atoms with Crippen LogP contribution in [0.1, 0.15) is 56.3 Å². The second-order valence-electron chi connectivity index (χ2n) is 9.05. The van der Waals surface area contributed by atoms with E-state index >= 15 is 0 Å². The van der Waals surface area contributed by atoms with Gasteiger partial charge in [0.15, 0.2) is 0 Å². The van der Waals surface area contributed by atoms with E-state index in [1.165, 1.54) is 33.6 Å². The zero-order valence-corrected chi connectivity index (χ0v) is 18.4. The van der Waals surface area contributed by atoms with E-state index in [0.29, 0.717) is 5.92 Å². The fraction of sp³-hybridized carbons (Fsp3) is 0.385. The topological polar surface area (TPSA) is 52.2 Å². The van der Waals surface area contributed by atoms with Crippen molar-refractivity contribution >= 4 is 5.91 Å². The van der Waals surface area contributed by atoms with E-state index in [4.69, 9.17) is 5.10 Å². The number of aromatic amines is 1. The minimum absolute atomic E-state index is 0.140. The number of aromatic nitrogens is 2. The number of hydrogen-bond acceptors (Lipinski definition) is 3. The van der Waals surface area contributed by atoms with Crippen LogP contribution in [0.15, 0.2) is 48.5 Å². The summed E-state index contributed by atoms with van der Waals surface area (Å²) >= 11 is 0. The predicted octanol–water partition coefficient (Wildman–Crippen LogP) is 4.21. The minimum atomic E-state index is 0.140. The van der Waals surface area contributed by atoms with E-state index in [9.17, 15) is 4.79 Å². The summed E-state index contributed by atoms with van der Waals surface area (Å²) in [4.78, 5) is 17.6. The number of benzene rings is 2. The Hall–Kier alpha value is -2.92. The molecule has 2 aliphatic rings. The van der Waals surface area contributed by atoms with Gasteiger partial charge in [-0.05, 0) is 49.1 Å². The number of aryl methyl sites for hydroxylation is 2. The molecule has 5 heteroatoms. The Balaban J connectivity index is 1.29. The molecule has 160 valence electrons. The third kappa shape index (κ3) is 4.02. The predicted molar refractivity (Wildman–Crippen MR) is 122 cm³/mol. The molecule has 0 radical (unpaired) electrons. The van der Waals surface area contributed by atoms with Gasteiger partial charge in [-0.3, -0.25) is 14.8 Å². The van der Waals surface area contributed by atoms with Gasteiger partial charge in [0.05, 0.1) is 5.69 Å². The highest BCUT2D eigenvalue weighted by Crippen LogP contribution is 2.33. The summed E-state index contributed by atoms with van der Waals surface area (Å²) < 4.78 is 0. The number of rotatable bonds is 4. The van der Waals surface area contributed by atoms with Gasteiger partial charge in [-0.25, -0.2) is 0 Å². The van der Waals surface area contributed by atoms with Crippen LogP contribution < -0.4 is 0 Å². The van der Waals surface area contributed by atoms with Crippen LogP contribution in [0.5, 0.6) is 0 Å². The van der Waals surface area contributed by atoms with Crippen molar-refractivity contribution in [2.24, 2.45) is 0 Å². The molecule has 3 heterocycles. The molecular weight excluding hydrogens is 384 g/mol. The van der Waals surface area contributed by atoms with Crippen LogP contribution in [-0.4, -0.2) is 45.5 Å². The molecule has 0 bridgehead atoms. The number of nitrogens with zero attached hydrogens (tertiary/aromatic N) is 3. The molecule has 0 saturated carbocycles. The molecule has 0 aliphatic carbocycles. The summed E-state index contributed by atoms with van der Waals surface area (Å²) in [5.74, 6) is 0.452. The first kappa shape index (κ1) is 20.0. The van der Waals surface area contributed by atoms with Gasteiger partial charge in [0.2, 0.25) is 0 Å². The van der Waals surface area contributed by atoms with Gasteiger partial charge in [-0.15, -0.1) is 0 Å². The second-order valence-corrected chi connectivity index (χ2v) is 9.05. The van der Waals surface area contributed by atoms with Crippen molar-refractivity contribution in [1.29, 1.82) is 0 Å². The number of amides is 1. The molecule has 1 amide bonds. The molecule has 2 aliphatic heterocycles. The number of carbonyl (C=O) groups is 1. The van der Waals surface area contributed by atoms with E-state index < -0.39 is 0 Å². The smallest absolute Gasteiger partial charge is 0.253 e. The molecule has 1 atom stereocenters. The van der Waals surface area contributed by atoms with Crippen LogP contribution in [0.2, 0.25) is 0 Å². The Bertz CT molecular complexity index is 1090. The number of carbonyl (C=O) groups excluding carboxylic acids is 1. The summed E-state index contributed by atoms with van der Waals surface area (Å²) in [6.07, 6.45) is 1.99. The molecule has 31 heavy (non-hydrogen) atoms. The van der Waals surface area contributed by atoms with E-state index in [-0.39, 0.29) is 5.91 Å². The highest BCUT2D eigenvalue weighted by Gasteiger charge is 2.33. The van der Waals surface area contributed by atoms with Crippen LogP contribution in [0.4, 0.5) is 0 Å². The summed E-state index contributed by atoms with van der Waals surface area (Å²) in [6.45, 7) is 8.64. The van der Waals surface area contributed by atoms with Gasteiger partial charge in [-0.1, -0.05) is 36.4 Å². The molecule has 1 saturated heterocycles. The lowest BCUT2D eigenvalue weighted by molar-refractivity contribution is 0.0790. The maximum Gasteiger partial charge on any atom is 0.253 e. The van der Waals surface area contributed by atoms with Crippen molar-refractivity contribution in [1.82, 2.24) is 20.0 Å². The Morgan fingerprint density at radius 3 is 2.74 bits per heavy atom. The number of hydrogen-bond donors (Lipinski definition) is 1. The number of nitrogens with one attached hydrogen (secondary N) is 1. The molecule has 1 aromatic heterocycles. The van der Waals surface area contributed by atoms with Crippen LogP contribution in [0.3, 0.4) is 0 Å². The zero-order valence-electron chi connectivity index (χ0n) is 18.4. The first-order chi connectivity index (χ1) is 15.1. The number of H-pyrrole nitrogens is 1. The lowest BCUT2D eigenvalue weighted by atomic mass is 9.96. The van der Waals surface area contributed by atoms with Crippen LogP contribution in [0.25, 0.3) is 0 Å². The molecule has 1 N–H and O–H groups in total. The molecule has 1 unspecified atom stereocenters. The van der Waals surface area contributed by atoms with Crippen LogP contribution >= 0.6 is 0 Å². The van der Waals surface area contributed by atoms with Crippen LogP contribution in [-0.2, 0) is 19.5 Å². The molecule has 1 fully saturated rings. The highest BCUT2D eigenvalue weighted by molar-refractivity contribution is 5.94. The van der Waals surface area contributed by atoms with Gasteiger partial charge >= 0.3 is 0 Å². The molecule has 0 spiro atoms. The van der Waals surface area contributed by atoms with Gasteiger partial charge in [0, 0.05) is 61.9 Å². The Kier molecular flexibility index (Phi) is 5.36. The molecule has 3 aromatic rings. The highest BCUT2D eigenvalue weighted by atomic mass is 16.2. The average Bonchev–Trinajstić information content (AvgIpc) is 3.43. The molecule has 5 nitrogen and oxygen atoms in total. The fourth-order valence-corrected chi connectivity index (χ4v) is 4.91. The van der Waals surface area contributed by atoms with Crippen molar-refractivity contribution in [3.05, 3.63) is 87.7 Å². The molecule has 2 aromatic carbocycles. The molecular formula is C26H30N4O. The van der Waals surface area contributed by atoms with Gasteiger partial charge in [0.25, 0.3) is 5.91 Å². The number of fused-ring (bicyclic) bond motifs is 1. The Morgan fingerprint density at radius 1 is 1.10 bits per heavy atom. The first-order valence-electron chi connectivity index (χ1n) is 11.3. The third-order valence-electron chi connectivity index (χ3n) is 6.91. The average molecular weight is 415 g/mol. The summed E-state index contributed by atoms with van der Waals surface area (Å²) in [5.41, 5.74) is 8.33. The summed E-state index contributed by atoms with van der Waals surface area (Å²) in [7, 11) is 0.